The van der Waals surface area contributed by atoms with Gasteiger partial charge in [-0.05, 0) is 67.9 Å². The number of likely N-dealkylation sites (tertiary alicyclic amines) is 1. The topological polar surface area (TPSA) is 60.0 Å². The van der Waals surface area contributed by atoms with E-state index in [1.165, 1.54) is 24.8 Å². The summed E-state index contributed by atoms with van der Waals surface area (Å²) in [5.41, 5.74) is 1.18. The molecule has 0 aromatic heterocycles. The lowest BCUT2D eigenvalue weighted by Gasteiger charge is -2.35. The highest BCUT2D eigenvalue weighted by molar-refractivity contribution is 5.77. The van der Waals surface area contributed by atoms with Gasteiger partial charge in [0, 0.05) is 6.54 Å². The molecule has 2 aromatic carbocycles. The molecule has 0 bridgehead atoms. The second-order valence-electron chi connectivity index (χ2n) is 7.15. The Morgan fingerprint density at radius 3 is 2.03 bits per heavy atom. The van der Waals surface area contributed by atoms with Crippen LogP contribution in [0.25, 0.3) is 0 Å². The number of hydrogen-bond acceptors (Lipinski definition) is 5. The normalized spacial score (nSPS) is 15.4. The molecule has 6 nitrogen and oxygen atoms in total. The van der Waals surface area contributed by atoms with Gasteiger partial charge in [-0.25, -0.2) is 0 Å². The van der Waals surface area contributed by atoms with Crippen LogP contribution >= 0.6 is 0 Å². The van der Waals surface area contributed by atoms with Crippen molar-refractivity contribution in [3.05, 3.63) is 54.1 Å². The van der Waals surface area contributed by atoms with Gasteiger partial charge in [-0.3, -0.25) is 9.69 Å². The first kappa shape index (κ1) is 21.0. The van der Waals surface area contributed by atoms with Gasteiger partial charge in [0.05, 0.1) is 20.3 Å². The molecule has 1 aliphatic heterocycles. The number of benzene rings is 2. The molecule has 6 heteroatoms. The summed E-state index contributed by atoms with van der Waals surface area (Å²) in [5.74, 6) is 2.11. The van der Waals surface area contributed by atoms with Crippen LogP contribution in [0, 0.1) is 0 Å². The molecule has 1 heterocycles. The Balaban J connectivity index is 1.56. The zero-order valence-corrected chi connectivity index (χ0v) is 17.2. The fraction of sp³-hybridized carbons (Fsp3) is 0.435. The first-order valence-electron chi connectivity index (χ1n) is 10.1. The molecule has 1 atom stereocenters. The molecule has 0 saturated carbocycles. The van der Waals surface area contributed by atoms with Crippen molar-refractivity contribution in [3.8, 4) is 17.2 Å². The van der Waals surface area contributed by atoms with E-state index in [0.717, 1.165) is 24.6 Å². The number of methoxy groups -OCH3 is 2. The van der Waals surface area contributed by atoms with Crippen LogP contribution < -0.4 is 19.5 Å². The van der Waals surface area contributed by atoms with E-state index < -0.39 is 0 Å². The Morgan fingerprint density at radius 1 is 0.897 bits per heavy atom. The minimum Gasteiger partial charge on any atom is -0.497 e. The molecule has 29 heavy (non-hydrogen) atoms. The summed E-state index contributed by atoms with van der Waals surface area (Å²) < 4.78 is 16.0. The SMILES string of the molecule is COc1ccc(OCC(=O)NC[C@H](c2ccc(OC)cc2)N2CCCCC2)cc1. The Labute approximate surface area is 172 Å². The predicted molar refractivity (Wildman–Crippen MR) is 113 cm³/mol. The zero-order chi connectivity index (χ0) is 20.5. The zero-order valence-electron chi connectivity index (χ0n) is 17.2. The van der Waals surface area contributed by atoms with Gasteiger partial charge in [0.15, 0.2) is 6.61 Å². The van der Waals surface area contributed by atoms with Crippen molar-refractivity contribution in [2.75, 3.05) is 40.5 Å². The number of nitrogens with zero attached hydrogens (tertiary/aromatic N) is 1. The summed E-state index contributed by atoms with van der Waals surface area (Å²) in [7, 11) is 3.28. The molecule has 1 fully saturated rings. The minimum atomic E-state index is -0.128. The third-order valence-electron chi connectivity index (χ3n) is 5.25. The Morgan fingerprint density at radius 2 is 1.45 bits per heavy atom. The fourth-order valence-electron chi connectivity index (χ4n) is 3.60. The van der Waals surface area contributed by atoms with Crippen molar-refractivity contribution < 1.29 is 19.0 Å². The summed E-state index contributed by atoms with van der Waals surface area (Å²) in [6, 6.07) is 15.5. The van der Waals surface area contributed by atoms with Crippen molar-refractivity contribution in [1.29, 1.82) is 0 Å². The number of piperidine rings is 1. The number of nitrogens with one attached hydrogen (secondary N) is 1. The Bertz CT molecular complexity index is 755. The Kier molecular flexibility index (Phi) is 7.76. The van der Waals surface area contributed by atoms with E-state index in [2.05, 4.69) is 22.3 Å². The minimum absolute atomic E-state index is 0.0122. The van der Waals surface area contributed by atoms with Crippen LogP contribution in [-0.4, -0.2) is 51.3 Å². The molecule has 0 spiro atoms. The van der Waals surface area contributed by atoms with E-state index >= 15 is 0 Å². The number of carbonyl (C=O) groups excluding carboxylic acids is 1. The summed E-state index contributed by atoms with van der Waals surface area (Å²) in [6.07, 6.45) is 3.66. The van der Waals surface area contributed by atoms with Crippen LogP contribution in [0.4, 0.5) is 0 Å². The van der Waals surface area contributed by atoms with Gasteiger partial charge in [0.25, 0.3) is 5.91 Å². The maximum atomic E-state index is 12.4. The Hall–Kier alpha value is -2.73. The molecule has 0 unspecified atom stereocenters. The van der Waals surface area contributed by atoms with E-state index in [4.69, 9.17) is 14.2 Å². The highest BCUT2D eigenvalue weighted by atomic mass is 16.5. The van der Waals surface area contributed by atoms with Gasteiger partial charge in [-0.1, -0.05) is 18.6 Å². The van der Waals surface area contributed by atoms with Crippen LogP contribution in [0.2, 0.25) is 0 Å². The van der Waals surface area contributed by atoms with E-state index in [-0.39, 0.29) is 18.6 Å². The van der Waals surface area contributed by atoms with E-state index in [9.17, 15) is 4.79 Å². The number of amides is 1. The van der Waals surface area contributed by atoms with Crippen LogP contribution in [0.15, 0.2) is 48.5 Å². The van der Waals surface area contributed by atoms with Crippen LogP contribution in [0.5, 0.6) is 17.2 Å². The molecule has 3 rings (SSSR count). The van der Waals surface area contributed by atoms with Crippen molar-refractivity contribution >= 4 is 5.91 Å². The molecule has 156 valence electrons. The number of ether oxygens (including phenoxy) is 3. The van der Waals surface area contributed by atoms with E-state index in [1.54, 1.807) is 26.4 Å². The number of hydrogen-bond donors (Lipinski definition) is 1. The first-order valence-corrected chi connectivity index (χ1v) is 10.1. The molecule has 1 N–H and O–H groups in total. The quantitative estimate of drug-likeness (QED) is 0.701. The molecular formula is C23H30N2O4. The van der Waals surface area contributed by atoms with Gasteiger partial charge < -0.3 is 19.5 Å². The monoisotopic (exact) mass is 398 g/mol. The van der Waals surface area contributed by atoms with Gasteiger partial charge >= 0.3 is 0 Å². The lowest BCUT2D eigenvalue weighted by Crippen LogP contribution is -2.41. The van der Waals surface area contributed by atoms with Gasteiger partial charge in [0.1, 0.15) is 17.2 Å². The molecule has 2 aromatic rings. The highest BCUT2D eigenvalue weighted by Crippen LogP contribution is 2.26. The highest BCUT2D eigenvalue weighted by Gasteiger charge is 2.23. The van der Waals surface area contributed by atoms with Crippen molar-refractivity contribution in [3.63, 3.8) is 0 Å². The van der Waals surface area contributed by atoms with E-state index in [0.29, 0.717) is 12.3 Å². The number of rotatable bonds is 9. The van der Waals surface area contributed by atoms with Crippen LogP contribution in [0.1, 0.15) is 30.9 Å². The average Bonchev–Trinajstić information content (AvgIpc) is 2.79. The third-order valence-corrected chi connectivity index (χ3v) is 5.25. The lowest BCUT2D eigenvalue weighted by atomic mass is 10.0. The van der Waals surface area contributed by atoms with Gasteiger partial charge in [0.2, 0.25) is 0 Å². The second-order valence-corrected chi connectivity index (χ2v) is 7.15. The molecular weight excluding hydrogens is 368 g/mol. The largest absolute Gasteiger partial charge is 0.497 e. The summed E-state index contributed by atoms with van der Waals surface area (Å²) in [6.45, 7) is 2.64. The maximum absolute atomic E-state index is 12.4. The molecule has 0 radical (unpaired) electrons. The smallest absolute Gasteiger partial charge is 0.258 e. The summed E-state index contributed by atoms with van der Waals surface area (Å²) in [4.78, 5) is 14.8. The molecule has 1 amide bonds. The first-order chi connectivity index (χ1) is 14.2. The second kappa shape index (κ2) is 10.7. The molecule has 1 saturated heterocycles. The van der Waals surface area contributed by atoms with Crippen LogP contribution in [0.3, 0.4) is 0 Å². The van der Waals surface area contributed by atoms with E-state index in [1.807, 2.05) is 24.3 Å². The summed E-state index contributed by atoms with van der Waals surface area (Å²) >= 11 is 0. The van der Waals surface area contributed by atoms with Gasteiger partial charge in [-0.2, -0.15) is 0 Å². The third kappa shape index (κ3) is 6.12. The predicted octanol–water partition coefficient (Wildman–Crippen LogP) is 3.43. The lowest BCUT2D eigenvalue weighted by molar-refractivity contribution is -0.123. The molecule has 0 aliphatic carbocycles. The standard InChI is InChI=1S/C23H30N2O4/c1-27-19-8-6-18(7-9-19)22(25-14-4-3-5-15-25)16-24-23(26)17-29-21-12-10-20(28-2)11-13-21/h6-13,22H,3-5,14-17H2,1-2H3,(H,24,26)/t22-/m1/s1. The average molecular weight is 399 g/mol. The number of carbonyl (C=O) groups is 1. The maximum Gasteiger partial charge on any atom is 0.258 e. The van der Waals surface area contributed by atoms with Crippen molar-refractivity contribution in [2.24, 2.45) is 0 Å². The van der Waals surface area contributed by atoms with Crippen molar-refractivity contribution in [1.82, 2.24) is 10.2 Å². The fourth-order valence-corrected chi connectivity index (χ4v) is 3.60. The summed E-state index contributed by atoms with van der Waals surface area (Å²) in [5, 5.41) is 3.04. The molecule has 1 aliphatic rings. The van der Waals surface area contributed by atoms with Crippen molar-refractivity contribution in [2.45, 2.75) is 25.3 Å². The van der Waals surface area contributed by atoms with Gasteiger partial charge in [-0.15, -0.1) is 0 Å². The van der Waals surface area contributed by atoms with Crippen LogP contribution in [-0.2, 0) is 4.79 Å².